The van der Waals surface area contributed by atoms with Crippen molar-refractivity contribution in [3.05, 3.63) is 0 Å². The van der Waals surface area contributed by atoms with Gasteiger partial charge in [-0.3, -0.25) is 5.32 Å². The normalized spacial score (nSPS) is 13.7. The van der Waals surface area contributed by atoms with Gasteiger partial charge in [-0.25, -0.2) is 0 Å². The molecule has 0 aromatic rings. The number of nitrogens with one attached hydrogen (secondary N) is 1. The molecule has 0 fully saturated rings. The summed E-state index contributed by atoms with van der Waals surface area (Å²) in [5, 5.41) is 12.7. The van der Waals surface area contributed by atoms with Crippen LogP contribution in [-0.2, 0) is 10.1 Å². The lowest BCUT2D eigenvalue weighted by molar-refractivity contribution is -0.341. The van der Waals surface area contributed by atoms with Crippen molar-refractivity contribution in [1.82, 2.24) is 5.32 Å². The average molecular weight is 132 g/mol. The Kier molecular flexibility index (Phi) is 5.93. The van der Waals surface area contributed by atoms with Crippen molar-refractivity contribution in [1.29, 1.82) is 0 Å². The number of hydrogen-bond acceptors (Lipinski definition) is 2. The van der Waals surface area contributed by atoms with E-state index in [0.29, 0.717) is 0 Å². The first-order chi connectivity index (χ1) is 4.35. The minimum Gasteiger partial charge on any atom is -0.289 e. The van der Waals surface area contributed by atoms with E-state index < -0.39 is 0 Å². The lowest BCUT2D eigenvalue weighted by atomic mass is 10.4. The Morgan fingerprint density at radius 1 is 1.56 bits per heavy atom. The Labute approximate surface area is 56.0 Å². The summed E-state index contributed by atoms with van der Waals surface area (Å²) in [6, 6.07) is 0. The van der Waals surface area contributed by atoms with Crippen molar-refractivity contribution in [2.75, 3.05) is 6.54 Å². The molecule has 0 saturated heterocycles. The van der Waals surface area contributed by atoms with Gasteiger partial charge in [0, 0.05) is 0 Å². The third-order valence-corrected chi connectivity index (χ3v) is 1.11. The first-order valence-electron chi connectivity index (χ1n) is 3.37. The van der Waals surface area contributed by atoms with Crippen molar-refractivity contribution < 1.29 is 10.1 Å². The summed E-state index contributed by atoms with van der Waals surface area (Å²) >= 11 is 0. The van der Waals surface area contributed by atoms with Gasteiger partial charge in [-0.2, -0.15) is 4.89 Å². The lowest BCUT2D eigenvalue weighted by Gasteiger charge is -2.09. The fourth-order valence-corrected chi connectivity index (χ4v) is 0.552. The van der Waals surface area contributed by atoms with Crippen LogP contribution in [0.4, 0.5) is 0 Å². The molecule has 1 radical (unpaired) electrons. The van der Waals surface area contributed by atoms with E-state index in [1.54, 1.807) is 0 Å². The lowest BCUT2D eigenvalue weighted by Crippen LogP contribution is -2.30. The largest absolute Gasteiger partial charge is 0.289 e. The van der Waals surface area contributed by atoms with E-state index in [0.717, 1.165) is 19.4 Å². The zero-order chi connectivity index (χ0) is 7.11. The highest BCUT2D eigenvalue weighted by atomic mass is 17.1. The molecule has 0 aliphatic heterocycles. The molecule has 0 aromatic carbocycles. The summed E-state index contributed by atoms with van der Waals surface area (Å²) in [6.07, 6.45) is 1.45. The van der Waals surface area contributed by atoms with Crippen LogP contribution in [-0.4, -0.2) is 12.8 Å². The van der Waals surface area contributed by atoms with Gasteiger partial charge in [0.15, 0.2) is 0 Å². The summed E-state index contributed by atoms with van der Waals surface area (Å²) in [4.78, 5) is 3.84. The van der Waals surface area contributed by atoms with Gasteiger partial charge in [-0.1, -0.05) is 13.8 Å². The molecule has 0 spiro atoms. The molecule has 3 heteroatoms. The van der Waals surface area contributed by atoms with E-state index in [-0.39, 0.29) is 6.23 Å². The smallest absolute Gasteiger partial charge is 0.146 e. The van der Waals surface area contributed by atoms with Crippen LogP contribution in [0.15, 0.2) is 0 Å². The predicted octanol–water partition coefficient (Wildman–Crippen LogP) is 1.08. The van der Waals surface area contributed by atoms with Gasteiger partial charge in [0.1, 0.15) is 6.23 Å². The van der Waals surface area contributed by atoms with E-state index in [4.69, 9.17) is 0 Å². The number of hydrogen-bond donors (Lipinski definition) is 1. The Bertz CT molecular complexity index is 55.0. The summed E-state index contributed by atoms with van der Waals surface area (Å²) in [5.41, 5.74) is 0. The molecule has 3 nitrogen and oxygen atoms in total. The third kappa shape index (κ3) is 4.39. The summed E-state index contributed by atoms with van der Waals surface area (Å²) < 4.78 is 0. The van der Waals surface area contributed by atoms with Crippen LogP contribution in [0.1, 0.15) is 26.7 Å². The van der Waals surface area contributed by atoms with Crippen LogP contribution in [0.5, 0.6) is 0 Å². The van der Waals surface area contributed by atoms with Crippen molar-refractivity contribution >= 4 is 0 Å². The van der Waals surface area contributed by atoms with Crippen LogP contribution in [0.25, 0.3) is 0 Å². The molecule has 0 aromatic heterocycles. The summed E-state index contributed by atoms with van der Waals surface area (Å²) in [7, 11) is 0. The monoisotopic (exact) mass is 132 g/mol. The van der Waals surface area contributed by atoms with Crippen LogP contribution in [0.3, 0.4) is 0 Å². The van der Waals surface area contributed by atoms with E-state index in [9.17, 15) is 5.26 Å². The second-order valence-electron chi connectivity index (χ2n) is 1.95. The average Bonchev–Trinajstić information content (AvgIpc) is 1.91. The zero-order valence-electron chi connectivity index (χ0n) is 6.02. The maximum Gasteiger partial charge on any atom is 0.146 e. The van der Waals surface area contributed by atoms with Crippen molar-refractivity contribution in [3.8, 4) is 0 Å². The molecule has 0 saturated carbocycles. The van der Waals surface area contributed by atoms with Crippen LogP contribution in [0.2, 0.25) is 0 Å². The predicted molar refractivity (Wildman–Crippen MR) is 34.1 cm³/mol. The molecule has 1 atom stereocenters. The first-order valence-corrected chi connectivity index (χ1v) is 3.37. The molecule has 0 heterocycles. The van der Waals surface area contributed by atoms with Crippen LogP contribution < -0.4 is 5.32 Å². The summed E-state index contributed by atoms with van der Waals surface area (Å²) in [6.45, 7) is 4.80. The van der Waals surface area contributed by atoms with Gasteiger partial charge in [-0.15, -0.1) is 0 Å². The second-order valence-corrected chi connectivity index (χ2v) is 1.95. The topological polar surface area (TPSA) is 41.2 Å². The second kappa shape index (κ2) is 6.01. The highest BCUT2D eigenvalue weighted by Crippen LogP contribution is 1.89. The van der Waals surface area contributed by atoms with Gasteiger partial charge in [0.25, 0.3) is 0 Å². The highest BCUT2D eigenvalue weighted by Gasteiger charge is 2.02. The highest BCUT2D eigenvalue weighted by molar-refractivity contribution is 4.48. The molecule has 0 aliphatic rings. The van der Waals surface area contributed by atoms with E-state index >= 15 is 0 Å². The van der Waals surface area contributed by atoms with E-state index in [1.165, 1.54) is 0 Å². The number of rotatable bonds is 5. The molecule has 1 N–H and O–H groups in total. The Hall–Kier alpha value is -0.120. The maximum absolute atomic E-state index is 9.80. The minimum atomic E-state index is -0.301. The van der Waals surface area contributed by atoms with Crippen molar-refractivity contribution in [2.24, 2.45) is 0 Å². The summed E-state index contributed by atoms with van der Waals surface area (Å²) in [5.74, 6) is 0. The van der Waals surface area contributed by atoms with Gasteiger partial charge < -0.3 is 0 Å². The Morgan fingerprint density at radius 3 is 2.56 bits per heavy atom. The zero-order valence-corrected chi connectivity index (χ0v) is 6.02. The SMILES string of the molecule is CCCNC(CC)O[O]. The fourth-order valence-electron chi connectivity index (χ4n) is 0.552. The molecule has 0 aliphatic carbocycles. The molecule has 0 rings (SSSR count). The Balaban J connectivity index is 3.09. The van der Waals surface area contributed by atoms with Crippen LogP contribution >= 0.6 is 0 Å². The van der Waals surface area contributed by atoms with Crippen molar-refractivity contribution in [3.63, 3.8) is 0 Å². The maximum atomic E-state index is 9.80. The van der Waals surface area contributed by atoms with E-state index in [1.807, 2.05) is 13.8 Å². The van der Waals surface area contributed by atoms with Gasteiger partial charge in [0.05, 0.1) is 0 Å². The van der Waals surface area contributed by atoms with Crippen LogP contribution in [0, 0.1) is 0 Å². The van der Waals surface area contributed by atoms with Gasteiger partial charge in [0.2, 0.25) is 0 Å². The first kappa shape index (κ1) is 8.88. The molecule has 55 valence electrons. The molecule has 0 amide bonds. The fraction of sp³-hybridized carbons (Fsp3) is 1.00. The molecule has 1 unspecified atom stereocenters. The molecular weight excluding hydrogens is 118 g/mol. The van der Waals surface area contributed by atoms with Gasteiger partial charge in [-0.05, 0) is 24.6 Å². The molecular formula is C6H14NO2. The minimum absolute atomic E-state index is 0.301. The van der Waals surface area contributed by atoms with Crippen molar-refractivity contribution in [2.45, 2.75) is 32.9 Å². The quantitative estimate of drug-likeness (QED) is 0.345. The van der Waals surface area contributed by atoms with E-state index in [2.05, 4.69) is 10.2 Å². The third-order valence-electron chi connectivity index (χ3n) is 1.11. The standard InChI is InChI=1S/C6H14NO2/c1-3-5-7-6(4-2)9-8/h6-7H,3-5H2,1-2H3. The molecule has 9 heavy (non-hydrogen) atoms. The van der Waals surface area contributed by atoms with Gasteiger partial charge >= 0.3 is 0 Å². The Morgan fingerprint density at radius 2 is 2.22 bits per heavy atom. The molecule has 0 bridgehead atoms.